The first kappa shape index (κ1) is 17.5. The Morgan fingerprint density at radius 3 is 2.50 bits per heavy atom. The van der Waals surface area contributed by atoms with Gasteiger partial charge in [0.2, 0.25) is 0 Å². The lowest BCUT2D eigenvalue weighted by molar-refractivity contribution is 0.116. The summed E-state index contributed by atoms with van der Waals surface area (Å²) in [6, 6.07) is 0.933. The predicted octanol–water partition coefficient (Wildman–Crippen LogP) is 2.24. The monoisotopic (exact) mass is 311 g/mol. The molecule has 1 aliphatic carbocycles. The lowest BCUT2D eigenvalue weighted by atomic mass is 9.92. The predicted molar refractivity (Wildman–Crippen MR) is 88.9 cm³/mol. The van der Waals surface area contributed by atoms with Crippen molar-refractivity contribution in [2.75, 3.05) is 19.6 Å². The molecule has 22 heavy (non-hydrogen) atoms. The molecule has 0 aromatic carbocycles. The normalized spacial score (nSPS) is 23.2. The molecule has 5 heteroatoms. The Labute approximate surface area is 134 Å². The van der Waals surface area contributed by atoms with Crippen LogP contribution in [0.15, 0.2) is 0 Å². The summed E-state index contributed by atoms with van der Waals surface area (Å²) in [5.41, 5.74) is 0. The molecule has 2 rings (SSSR count). The molecule has 2 aliphatic rings. The van der Waals surface area contributed by atoms with Gasteiger partial charge >= 0.3 is 6.03 Å². The van der Waals surface area contributed by atoms with Gasteiger partial charge in [-0.3, -0.25) is 0 Å². The minimum atomic E-state index is -0.427. The van der Waals surface area contributed by atoms with Gasteiger partial charge in [0.25, 0.3) is 0 Å². The standard InChI is InChI=1S/C17H33N3O2/c1-2-6-16(21)13-18-17(22)19-14-9-11-20(12-10-14)15-7-4-3-5-8-15/h14-16,21H,2-13H2,1H3,(H2,18,19,22). The summed E-state index contributed by atoms with van der Waals surface area (Å²) in [4.78, 5) is 14.5. The third kappa shape index (κ3) is 5.76. The molecular weight excluding hydrogens is 278 g/mol. The van der Waals surface area contributed by atoms with E-state index in [4.69, 9.17) is 0 Å². The molecule has 1 atom stereocenters. The van der Waals surface area contributed by atoms with E-state index in [1.165, 1.54) is 32.1 Å². The highest BCUT2D eigenvalue weighted by Crippen LogP contribution is 2.25. The van der Waals surface area contributed by atoms with Crippen LogP contribution >= 0.6 is 0 Å². The van der Waals surface area contributed by atoms with Gasteiger partial charge < -0.3 is 20.6 Å². The SMILES string of the molecule is CCCC(O)CNC(=O)NC1CCN(C2CCCCC2)CC1. The highest BCUT2D eigenvalue weighted by molar-refractivity contribution is 5.74. The second-order valence-corrected chi connectivity index (χ2v) is 6.90. The maximum Gasteiger partial charge on any atom is 0.315 e. The van der Waals surface area contributed by atoms with E-state index < -0.39 is 6.10 Å². The number of rotatable bonds is 6. The average molecular weight is 311 g/mol. The minimum Gasteiger partial charge on any atom is -0.391 e. The zero-order valence-electron chi connectivity index (χ0n) is 14.0. The number of amides is 2. The van der Waals surface area contributed by atoms with Crippen molar-refractivity contribution >= 4 is 6.03 Å². The first-order valence-corrected chi connectivity index (χ1v) is 9.15. The van der Waals surface area contributed by atoms with Crippen LogP contribution in [0.2, 0.25) is 0 Å². The molecule has 1 unspecified atom stereocenters. The number of carbonyl (C=O) groups is 1. The van der Waals surface area contributed by atoms with E-state index in [0.717, 1.165) is 44.8 Å². The number of nitrogens with zero attached hydrogens (tertiary/aromatic N) is 1. The van der Waals surface area contributed by atoms with E-state index in [2.05, 4.69) is 15.5 Å². The van der Waals surface area contributed by atoms with Crippen molar-refractivity contribution in [2.45, 2.75) is 82.9 Å². The number of nitrogens with one attached hydrogen (secondary N) is 2. The molecule has 2 fully saturated rings. The maximum absolute atomic E-state index is 11.9. The molecule has 128 valence electrons. The summed E-state index contributed by atoms with van der Waals surface area (Å²) in [6.07, 6.45) is 10.2. The van der Waals surface area contributed by atoms with Gasteiger partial charge in [-0.25, -0.2) is 4.79 Å². The largest absolute Gasteiger partial charge is 0.391 e. The zero-order chi connectivity index (χ0) is 15.8. The minimum absolute atomic E-state index is 0.133. The number of aliphatic hydroxyl groups is 1. The summed E-state index contributed by atoms with van der Waals surface area (Å²) >= 11 is 0. The second kappa shape index (κ2) is 9.36. The highest BCUT2D eigenvalue weighted by atomic mass is 16.3. The number of hydrogen-bond acceptors (Lipinski definition) is 3. The Kier molecular flexibility index (Phi) is 7.46. The summed E-state index contributed by atoms with van der Waals surface area (Å²) in [7, 11) is 0. The van der Waals surface area contributed by atoms with Gasteiger partial charge in [-0.2, -0.15) is 0 Å². The van der Waals surface area contributed by atoms with E-state index in [9.17, 15) is 9.90 Å². The van der Waals surface area contributed by atoms with Crippen molar-refractivity contribution in [3.63, 3.8) is 0 Å². The molecule has 0 aromatic rings. The molecule has 0 spiro atoms. The Morgan fingerprint density at radius 2 is 1.86 bits per heavy atom. The van der Waals surface area contributed by atoms with Gasteiger partial charge in [0.1, 0.15) is 0 Å². The smallest absolute Gasteiger partial charge is 0.315 e. The van der Waals surface area contributed by atoms with Crippen LogP contribution in [-0.4, -0.2) is 53.9 Å². The number of carbonyl (C=O) groups excluding carboxylic acids is 1. The fourth-order valence-electron chi connectivity index (χ4n) is 3.74. The number of aliphatic hydroxyl groups excluding tert-OH is 1. The Balaban J connectivity index is 1.61. The second-order valence-electron chi connectivity index (χ2n) is 6.90. The van der Waals surface area contributed by atoms with Crippen LogP contribution in [0.5, 0.6) is 0 Å². The third-order valence-corrected chi connectivity index (χ3v) is 5.08. The van der Waals surface area contributed by atoms with Crippen molar-refractivity contribution in [3.05, 3.63) is 0 Å². The fraction of sp³-hybridized carbons (Fsp3) is 0.941. The van der Waals surface area contributed by atoms with Gasteiger partial charge in [0, 0.05) is 31.7 Å². The Hall–Kier alpha value is -0.810. The number of hydrogen-bond donors (Lipinski definition) is 3. The van der Waals surface area contributed by atoms with Crippen molar-refractivity contribution in [1.29, 1.82) is 0 Å². The molecule has 5 nitrogen and oxygen atoms in total. The van der Waals surface area contributed by atoms with E-state index in [-0.39, 0.29) is 12.1 Å². The number of piperidine rings is 1. The van der Waals surface area contributed by atoms with E-state index >= 15 is 0 Å². The summed E-state index contributed by atoms with van der Waals surface area (Å²) in [5.74, 6) is 0. The quantitative estimate of drug-likeness (QED) is 0.705. The van der Waals surface area contributed by atoms with Crippen molar-refractivity contribution < 1.29 is 9.90 Å². The number of likely N-dealkylation sites (tertiary alicyclic amines) is 1. The van der Waals surface area contributed by atoms with Crippen LogP contribution in [0.25, 0.3) is 0 Å². The fourth-order valence-corrected chi connectivity index (χ4v) is 3.74. The van der Waals surface area contributed by atoms with Crippen molar-refractivity contribution in [1.82, 2.24) is 15.5 Å². The van der Waals surface area contributed by atoms with Gasteiger partial charge in [-0.15, -0.1) is 0 Å². The average Bonchev–Trinajstić information content (AvgIpc) is 2.55. The molecule has 1 heterocycles. The summed E-state index contributed by atoms with van der Waals surface area (Å²) in [6.45, 7) is 4.59. The topological polar surface area (TPSA) is 64.6 Å². The first-order valence-electron chi connectivity index (χ1n) is 9.15. The Morgan fingerprint density at radius 1 is 1.18 bits per heavy atom. The highest BCUT2D eigenvalue weighted by Gasteiger charge is 2.26. The first-order chi connectivity index (χ1) is 10.7. The van der Waals surface area contributed by atoms with Crippen LogP contribution in [0.4, 0.5) is 4.79 Å². The third-order valence-electron chi connectivity index (χ3n) is 5.08. The lowest BCUT2D eigenvalue weighted by Gasteiger charge is -2.39. The number of urea groups is 1. The van der Waals surface area contributed by atoms with Crippen molar-refractivity contribution in [3.8, 4) is 0 Å². The van der Waals surface area contributed by atoms with Crippen LogP contribution in [0.1, 0.15) is 64.7 Å². The summed E-state index contributed by atoms with van der Waals surface area (Å²) < 4.78 is 0. The molecule has 1 aliphatic heterocycles. The lowest BCUT2D eigenvalue weighted by Crippen LogP contribution is -2.51. The molecule has 1 saturated carbocycles. The molecular formula is C17H33N3O2. The summed E-state index contributed by atoms with van der Waals surface area (Å²) in [5, 5.41) is 15.5. The van der Waals surface area contributed by atoms with E-state index in [0.29, 0.717) is 6.54 Å². The van der Waals surface area contributed by atoms with Crippen LogP contribution < -0.4 is 10.6 Å². The van der Waals surface area contributed by atoms with Crippen LogP contribution in [-0.2, 0) is 0 Å². The van der Waals surface area contributed by atoms with Gasteiger partial charge in [-0.05, 0) is 32.1 Å². The van der Waals surface area contributed by atoms with Gasteiger partial charge in [0.05, 0.1) is 6.10 Å². The molecule has 1 saturated heterocycles. The molecule has 0 bridgehead atoms. The molecule has 2 amide bonds. The van der Waals surface area contributed by atoms with Crippen LogP contribution in [0.3, 0.4) is 0 Å². The molecule has 0 aromatic heterocycles. The van der Waals surface area contributed by atoms with Gasteiger partial charge in [-0.1, -0.05) is 32.6 Å². The maximum atomic E-state index is 11.9. The van der Waals surface area contributed by atoms with Crippen LogP contribution in [0, 0.1) is 0 Å². The molecule has 3 N–H and O–H groups in total. The zero-order valence-corrected chi connectivity index (χ0v) is 14.0. The van der Waals surface area contributed by atoms with E-state index in [1.807, 2.05) is 6.92 Å². The van der Waals surface area contributed by atoms with E-state index in [1.54, 1.807) is 0 Å². The Bertz CT molecular complexity index is 324. The molecule has 0 radical (unpaired) electrons. The van der Waals surface area contributed by atoms with Crippen molar-refractivity contribution in [2.24, 2.45) is 0 Å². The van der Waals surface area contributed by atoms with Gasteiger partial charge in [0.15, 0.2) is 0 Å².